The molecule has 1 spiro atoms. The molecule has 2 atom stereocenters. The monoisotopic (exact) mass is 444 g/mol. The van der Waals surface area contributed by atoms with Crippen LogP contribution < -0.4 is 4.74 Å². The molecule has 7 heteroatoms. The lowest BCUT2D eigenvalue weighted by Gasteiger charge is -2.42. The molecule has 0 saturated carbocycles. The Morgan fingerprint density at radius 2 is 1.97 bits per heavy atom. The number of nitrogens with zero attached hydrogens (tertiary/aromatic N) is 4. The molecular formula is C26H28N4O3. The van der Waals surface area contributed by atoms with E-state index in [9.17, 15) is 4.79 Å². The molecule has 0 aliphatic carbocycles. The fraction of sp³-hybridized carbons (Fsp3) is 0.346. The number of pyridine rings is 2. The lowest BCUT2D eigenvalue weighted by Crippen LogP contribution is -2.59. The van der Waals surface area contributed by atoms with Gasteiger partial charge in [-0.3, -0.25) is 19.7 Å². The van der Waals surface area contributed by atoms with Gasteiger partial charge in [-0.15, -0.1) is 0 Å². The van der Waals surface area contributed by atoms with Crippen molar-refractivity contribution in [2.45, 2.75) is 24.6 Å². The van der Waals surface area contributed by atoms with Crippen molar-refractivity contribution < 1.29 is 14.3 Å². The molecule has 3 aromatic rings. The number of ether oxygens (including phenoxy) is 2. The average molecular weight is 445 g/mol. The van der Waals surface area contributed by atoms with Crippen molar-refractivity contribution in [3.63, 3.8) is 0 Å². The number of morpholine rings is 1. The number of carbonyl (C=O) groups is 1. The molecule has 0 radical (unpaired) electrons. The fourth-order valence-corrected chi connectivity index (χ4v) is 4.94. The highest BCUT2D eigenvalue weighted by molar-refractivity contribution is 5.88. The van der Waals surface area contributed by atoms with Crippen molar-refractivity contribution in [3.8, 4) is 5.75 Å². The first-order valence-corrected chi connectivity index (χ1v) is 11.3. The highest BCUT2D eigenvalue weighted by Gasteiger charge is 2.57. The van der Waals surface area contributed by atoms with Gasteiger partial charge in [0.2, 0.25) is 0 Å². The van der Waals surface area contributed by atoms with E-state index >= 15 is 0 Å². The summed E-state index contributed by atoms with van der Waals surface area (Å²) in [5.41, 5.74) is 2.16. The van der Waals surface area contributed by atoms with E-state index in [2.05, 4.69) is 14.9 Å². The SMILES string of the molecule is COc1ccc(CN2CCO[C@]3(CN(Cc4ccccn4)C[C@@H]3c3cccnc3)C2=O)cc1. The Bertz CT molecular complexity index is 1080. The predicted octanol–water partition coefficient (Wildman–Crippen LogP) is 2.88. The van der Waals surface area contributed by atoms with Gasteiger partial charge >= 0.3 is 0 Å². The number of carbonyl (C=O) groups excluding carboxylic acids is 1. The summed E-state index contributed by atoms with van der Waals surface area (Å²) in [6.45, 7) is 3.55. The van der Waals surface area contributed by atoms with Gasteiger partial charge in [0.05, 0.1) is 19.4 Å². The number of amides is 1. The van der Waals surface area contributed by atoms with Gasteiger partial charge in [0.1, 0.15) is 5.75 Å². The number of methoxy groups -OCH3 is 1. The van der Waals surface area contributed by atoms with Crippen molar-refractivity contribution in [2.75, 3.05) is 33.4 Å². The topological polar surface area (TPSA) is 67.8 Å². The third-order valence-electron chi connectivity index (χ3n) is 6.56. The molecule has 2 aromatic heterocycles. The van der Waals surface area contributed by atoms with Crippen molar-refractivity contribution in [1.82, 2.24) is 19.8 Å². The molecular weight excluding hydrogens is 416 g/mol. The number of benzene rings is 1. The summed E-state index contributed by atoms with van der Waals surface area (Å²) in [6.07, 6.45) is 5.42. The minimum Gasteiger partial charge on any atom is -0.497 e. The first-order chi connectivity index (χ1) is 16.2. The normalized spacial score (nSPS) is 23.2. The highest BCUT2D eigenvalue weighted by atomic mass is 16.5. The Labute approximate surface area is 194 Å². The molecule has 0 bridgehead atoms. The second-order valence-corrected chi connectivity index (χ2v) is 8.64. The number of hydrogen-bond acceptors (Lipinski definition) is 6. The smallest absolute Gasteiger partial charge is 0.257 e. The van der Waals surface area contributed by atoms with Gasteiger partial charge < -0.3 is 14.4 Å². The van der Waals surface area contributed by atoms with Crippen LogP contribution in [0.5, 0.6) is 5.75 Å². The maximum atomic E-state index is 14.0. The zero-order valence-corrected chi connectivity index (χ0v) is 18.8. The number of rotatable bonds is 6. The third kappa shape index (κ3) is 4.34. The lowest BCUT2D eigenvalue weighted by atomic mass is 9.83. The van der Waals surface area contributed by atoms with E-state index in [1.165, 1.54) is 0 Å². The number of hydrogen-bond donors (Lipinski definition) is 0. The van der Waals surface area contributed by atoms with E-state index in [0.29, 0.717) is 39.3 Å². The second-order valence-electron chi connectivity index (χ2n) is 8.64. The largest absolute Gasteiger partial charge is 0.497 e. The highest BCUT2D eigenvalue weighted by Crippen LogP contribution is 2.42. The van der Waals surface area contributed by atoms with Crippen molar-refractivity contribution >= 4 is 5.91 Å². The first-order valence-electron chi connectivity index (χ1n) is 11.3. The van der Waals surface area contributed by atoms with E-state index in [0.717, 1.165) is 22.6 Å². The molecule has 4 heterocycles. The van der Waals surface area contributed by atoms with E-state index in [4.69, 9.17) is 9.47 Å². The Kier molecular flexibility index (Phi) is 6.07. The van der Waals surface area contributed by atoms with Crippen molar-refractivity contribution in [2.24, 2.45) is 0 Å². The number of aromatic nitrogens is 2. The van der Waals surface area contributed by atoms with Gasteiger partial charge in [-0.1, -0.05) is 24.3 Å². The molecule has 5 rings (SSSR count). The van der Waals surface area contributed by atoms with Gasteiger partial charge in [-0.25, -0.2) is 0 Å². The molecule has 1 aromatic carbocycles. The second kappa shape index (κ2) is 9.29. The molecule has 0 unspecified atom stereocenters. The molecule has 2 fully saturated rings. The molecule has 7 nitrogen and oxygen atoms in total. The van der Waals surface area contributed by atoms with Gasteiger partial charge in [0.15, 0.2) is 5.60 Å². The van der Waals surface area contributed by atoms with Gasteiger partial charge in [0.25, 0.3) is 5.91 Å². The zero-order valence-electron chi connectivity index (χ0n) is 18.8. The zero-order chi connectivity index (χ0) is 22.7. The van der Waals surface area contributed by atoms with Gasteiger partial charge in [-0.05, 0) is 41.5 Å². The van der Waals surface area contributed by atoms with E-state index in [1.54, 1.807) is 19.5 Å². The molecule has 1 amide bonds. The quantitative estimate of drug-likeness (QED) is 0.583. The summed E-state index contributed by atoms with van der Waals surface area (Å²) in [7, 11) is 1.65. The Balaban J connectivity index is 1.42. The number of likely N-dealkylation sites (tertiary alicyclic amines) is 1. The summed E-state index contributed by atoms with van der Waals surface area (Å²) < 4.78 is 11.6. The summed E-state index contributed by atoms with van der Waals surface area (Å²) in [4.78, 5) is 27.0. The van der Waals surface area contributed by atoms with Gasteiger partial charge in [0, 0.05) is 57.2 Å². The van der Waals surface area contributed by atoms with E-state index in [1.807, 2.05) is 65.7 Å². The fourth-order valence-electron chi connectivity index (χ4n) is 4.94. The summed E-state index contributed by atoms with van der Waals surface area (Å²) in [5, 5.41) is 0. The molecule has 2 saturated heterocycles. The molecule has 2 aliphatic rings. The summed E-state index contributed by atoms with van der Waals surface area (Å²) in [5.74, 6) is 0.754. The third-order valence-corrected chi connectivity index (χ3v) is 6.56. The van der Waals surface area contributed by atoms with Crippen LogP contribution in [0.15, 0.2) is 73.2 Å². The lowest BCUT2D eigenvalue weighted by molar-refractivity contribution is -0.173. The van der Waals surface area contributed by atoms with E-state index in [-0.39, 0.29) is 11.8 Å². The summed E-state index contributed by atoms with van der Waals surface area (Å²) >= 11 is 0. The molecule has 170 valence electrons. The summed E-state index contributed by atoms with van der Waals surface area (Å²) in [6, 6.07) is 17.8. The Morgan fingerprint density at radius 1 is 1.09 bits per heavy atom. The van der Waals surface area contributed by atoms with Crippen LogP contribution in [0.1, 0.15) is 22.7 Å². The van der Waals surface area contributed by atoms with Crippen LogP contribution in [0.25, 0.3) is 0 Å². The molecule has 2 aliphatic heterocycles. The van der Waals surface area contributed by atoms with Crippen LogP contribution in [0.4, 0.5) is 0 Å². The maximum absolute atomic E-state index is 14.0. The Morgan fingerprint density at radius 3 is 2.70 bits per heavy atom. The maximum Gasteiger partial charge on any atom is 0.257 e. The predicted molar refractivity (Wildman–Crippen MR) is 124 cm³/mol. The van der Waals surface area contributed by atoms with Crippen LogP contribution in [0.2, 0.25) is 0 Å². The minimum absolute atomic E-state index is 0.0435. The van der Waals surface area contributed by atoms with Crippen LogP contribution in [0.3, 0.4) is 0 Å². The van der Waals surface area contributed by atoms with Gasteiger partial charge in [-0.2, -0.15) is 0 Å². The van der Waals surface area contributed by atoms with Crippen LogP contribution in [0, 0.1) is 0 Å². The minimum atomic E-state index is -0.928. The first kappa shape index (κ1) is 21.6. The van der Waals surface area contributed by atoms with Crippen molar-refractivity contribution in [3.05, 3.63) is 90.0 Å². The van der Waals surface area contributed by atoms with Crippen LogP contribution in [-0.4, -0.2) is 64.6 Å². The molecule has 33 heavy (non-hydrogen) atoms. The molecule has 0 N–H and O–H groups in total. The van der Waals surface area contributed by atoms with Crippen molar-refractivity contribution in [1.29, 1.82) is 0 Å². The Hall–Kier alpha value is -3.29. The average Bonchev–Trinajstić information content (AvgIpc) is 3.22. The van der Waals surface area contributed by atoms with Crippen LogP contribution in [-0.2, 0) is 22.6 Å². The van der Waals surface area contributed by atoms with E-state index < -0.39 is 5.60 Å². The standard InChI is InChI=1S/C26H28N4O3/c1-32-23-9-7-20(8-10-23)16-30-13-14-33-26(25(30)31)19-29(17-22-6-2-3-12-28-22)18-24(26)21-5-4-11-27-15-21/h2-12,15,24H,13-14,16-19H2,1H3/t24-,26+/m1/s1. The van der Waals surface area contributed by atoms with Crippen LogP contribution >= 0.6 is 0 Å².